The summed E-state index contributed by atoms with van der Waals surface area (Å²) in [5.74, 6) is -0.390. The maximum atomic E-state index is 13.4. The van der Waals surface area contributed by atoms with Crippen LogP contribution >= 0.6 is 0 Å². The molecule has 0 unspecified atom stereocenters. The number of ketones is 1. The van der Waals surface area contributed by atoms with Gasteiger partial charge in [-0.05, 0) is 75.6 Å². The van der Waals surface area contributed by atoms with Crippen molar-refractivity contribution >= 4 is 38.4 Å². The molecule has 152 valence electrons. The van der Waals surface area contributed by atoms with E-state index in [9.17, 15) is 18.0 Å². The van der Waals surface area contributed by atoms with Crippen LogP contribution in [-0.2, 0) is 14.8 Å². The standard InChI is InChI=1S/C22H23NO5S/c1-12-9-14(3)21(10-13(12)2)29(26,27)23(17(6)25)18-7-8-20-19(11-18)22(15(4)24)16(5)28-20/h7-11H,1-6H3. The molecule has 3 rings (SSSR count). The van der Waals surface area contributed by atoms with Gasteiger partial charge in [-0.2, -0.15) is 0 Å². The normalized spacial score (nSPS) is 11.7. The number of amides is 1. The molecule has 0 fully saturated rings. The third-order valence-electron chi connectivity index (χ3n) is 5.03. The van der Waals surface area contributed by atoms with Crippen LogP contribution in [0.3, 0.4) is 0 Å². The van der Waals surface area contributed by atoms with Gasteiger partial charge in [0.2, 0.25) is 5.91 Å². The van der Waals surface area contributed by atoms with Crippen molar-refractivity contribution in [2.45, 2.75) is 46.4 Å². The smallest absolute Gasteiger partial charge is 0.271 e. The van der Waals surface area contributed by atoms with E-state index < -0.39 is 15.9 Å². The molecule has 29 heavy (non-hydrogen) atoms. The van der Waals surface area contributed by atoms with Gasteiger partial charge in [0.15, 0.2) is 5.78 Å². The lowest BCUT2D eigenvalue weighted by Crippen LogP contribution is -2.35. The van der Waals surface area contributed by atoms with Gasteiger partial charge in [-0.25, -0.2) is 12.7 Å². The van der Waals surface area contributed by atoms with Gasteiger partial charge in [-0.3, -0.25) is 9.59 Å². The van der Waals surface area contributed by atoms with Crippen LogP contribution in [0.1, 0.15) is 46.7 Å². The quantitative estimate of drug-likeness (QED) is 0.583. The molecule has 0 bridgehead atoms. The summed E-state index contributed by atoms with van der Waals surface area (Å²) in [5.41, 5.74) is 3.34. The molecule has 0 saturated heterocycles. The fourth-order valence-corrected chi connectivity index (χ4v) is 5.29. The van der Waals surface area contributed by atoms with E-state index in [4.69, 9.17) is 4.42 Å². The number of carbonyl (C=O) groups excluding carboxylic acids is 2. The highest BCUT2D eigenvalue weighted by Gasteiger charge is 2.31. The van der Waals surface area contributed by atoms with Crippen LogP contribution < -0.4 is 4.31 Å². The lowest BCUT2D eigenvalue weighted by molar-refractivity contribution is -0.115. The zero-order valence-corrected chi connectivity index (χ0v) is 18.1. The summed E-state index contributed by atoms with van der Waals surface area (Å²) in [4.78, 5) is 24.5. The maximum absolute atomic E-state index is 13.4. The molecule has 6 nitrogen and oxygen atoms in total. The van der Waals surface area contributed by atoms with Gasteiger partial charge >= 0.3 is 0 Å². The van der Waals surface area contributed by atoms with Gasteiger partial charge in [0.1, 0.15) is 11.3 Å². The first-order valence-corrected chi connectivity index (χ1v) is 10.6. The molecule has 0 aliphatic heterocycles. The largest absolute Gasteiger partial charge is 0.461 e. The summed E-state index contributed by atoms with van der Waals surface area (Å²) >= 11 is 0. The highest BCUT2D eigenvalue weighted by atomic mass is 32.2. The Balaban J connectivity index is 2.26. The fraction of sp³-hybridized carbons (Fsp3) is 0.273. The summed E-state index contributed by atoms with van der Waals surface area (Å²) in [5, 5.41) is 0.478. The van der Waals surface area contributed by atoms with Crippen LogP contribution in [-0.4, -0.2) is 20.1 Å². The van der Waals surface area contributed by atoms with Crippen molar-refractivity contribution in [2.24, 2.45) is 0 Å². The van der Waals surface area contributed by atoms with Crippen LogP contribution in [0.4, 0.5) is 5.69 Å². The van der Waals surface area contributed by atoms with Crippen LogP contribution in [0.25, 0.3) is 11.0 Å². The Labute approximate surface area is 170 Å². The number of benzene rings is 2. The second-order valence-corrected chi connectivity index (χ2v) is 9.02. The first kappa shape index (κ1) is 20.8. The topological polar surface area (TPSA) is 84.7 Å². The molecule has 0 N–H and O–H groups in total. The number of nitrogens with zero attached hydrogens (tertiary/aromatic N) is 1. The minimum atomic E-state index is -4.15. The molecule has 0 radical (unpaired) electrons. The number of aryl methyl sites for hydroxylation is 4. The summed E-state index contributed by atoms with van der Waals surface area (Å²) in [6.45, 7) is 9.72. The van der Waals surface area contributed by atoms with Crippen molar-refractivity contribution in [3.63, 3.8) is 0 Å². The predicted molar refractivity (Wildman–Crippen MR) is 112 cm³/mol. The molecule has 1 amide bonds. The molecule has 1 aromatic heterocycles. The molecule has 0 saturated carbocycles. The van der Waals surface area contributed by atoms with Crippen molar-refractivity contribution in [3.8, 4) is 0 Å². The number of sulfonamides is 1. The van der Waals surface area contributed by atoms with Crippen LogP contribution in [0.15, 0.2) is 39.6 Å². The molecule has 0 spiro atoms. The van der Waals surface area contributed by atoms with Gasteiger partial charge in [0.05, 0.1) is 16.1 Å². The second kappa shape index (κ2) is 7.15. The third-order valence-corrected chi connectivity index (χ3v) is 6.97. The van der Waals surface area contributed by atoms with Crippen molar-refractivity contribution in [1.82, 2.24) is 0 Å². The molecule has 7 heteroatoms. The molecule has 2 aromatic carbocycles. The number of furan rings is 1. The Morgan fingerprint density at radius 3 is 2.10 bits per heavy atom. The lowest BCUT2D eigenvalue weighted by Gasteiger charge is -2.23. The number of carbonyl (C=O) groups is 2. The van der Waals surface area contributed by atoms with E-state index in [-0.39, 0.29) is 16.4 Å². The monoisotopic (exact) mass is 413 g/mol. The van der Waals surface area contributed by atoms with Crippen molar-refractivity contribution in [1.29, 1.82) is 0 Å². The Kier molecular flexibility index (Phi) is 5.13. The minimum Gasteiger partial charge on any atom is -0.461 e. The Morgan fingerprint density at radius 2 is 1.52 bits per heavy atom. The highest BCUT2D eigenvalue weighted by molar-refractivity contribution is 7.93. The number of fused-ring (bicyclic) bond motifs is 1. The van der Waals surface area contributed by atoms with E-state index in [1.54, 1.807) is 32.0 Å². The summed E-state index contributed by atoms with van der Waals surface area (Å²) in [6.07, 6.45) is 0. The molecular formula is C22H23NO5S. The van der Waals surface area contributed by atoms with Gasteiger partial charge in [0.25, 0.3) is 10.0 Å². The van der Waals surface area contributed by atoms with E-state index in [2.05, 4.69) is 0 Å². The van der Waals surface area contributed by atoms with Gasteiger partial charge in [0, 0.05) is 12.3 Å². The molecule has 3 aromatic rings. The minimum absolute atomic E-state index is 0.0751. The zero-order chi connectivity index (χ0) is 21.7. The van der Waals surface area contributed by atoms with E-state index in [1.807, 2.05) is 13.8 Å². The molecule has 0 atom stereocenters. The Bertz CT molecular complexity index is 1270. The lowest BCUT2D eigenvalue weighted by atomic mass is 10.1. The first-order chi connectivity index (χ1) is 13.4. The van der Waals surface area contributed by atoms with E-state index >= 15 is 0 Å². The van der Waals surface area contributed by atoms with Crippen LogP contribution in [0.5, 0.6) is 0 Å². The van der Waals surface area contributed by atoms with Crippen molar-refractivity contribution in [2.75, 3.05) is 4.31 Å². The summed E-state index contributed by atoms with van der Waals surface area (Å²) in [6, 6.07) is 7.96. The van der Waals surface area contributed by atoms with E-state index in [0.717, 1.165) is 15.4 Å². The molecule has 1 heterocycles. The Morgan fingerprint density at radius 1 is 0.897 bits per heavy atom. The van der Waals surface area contributed by atoms with Crippen LogP contribution in [0.2, 0.25) is 0 Å². The maximum Gasteiger partial charge on any atom is 0.271 e. The summed E-state index contributed by atoms with van der Waals surface area (Å²) in [7, 11) is -4.15. The number of anilines is 1. The van der Waals surface area contributed by atoms with Gasteiger partial charge in [-0.15, -0.1) is 0 Å². The SMILES string of the molecule is CC(=O)c1c(C)oc2ccc(N(C(C)=O)S(=O)(=O)c3cc(C)c(C)cc3C)cc12. The fourth-order valence-electron chi connectivity index (χ4n) is 3.57. The molecule has 0 aliphatic rings. The number of rotatable bonds is 4. The van der Waals surface area contributed by atoms with Crippen molar-refractivity contribution in [3.05, 3.63) is 58.3 Å². The predicted octanol–water partition coefficient (Wildman–Crippen LogP) is 4.61. The van der Waals surface area contributed by atoms with E-state index in [0.29, 0.717) is 27.9 Å². The van der Waals surface area contributed by atoms with Gasteiger partial charge in [-0.1, -0.05) is 6.07 Å². The first-order valence-electron chi connectivity index (χ1n) is 9.13. The van der Waals surface area contributed by atoms with Crippen molar-refractivity contribution < 1.29 is 22.4 Å². The summed E-state index contributed by atoms with van der Waals surface area (Å²) < 4.78 is 33.2. The Hall–Kier alpha value is -2.93. The number of Topliss-reactive ketones (excluding diaryl/α,β-unsaturated/α-hetero) is 1. The average Bonchev–Trinajstić information content (AvgIpc) is 2.92. The second-order valence-electron chi connectivity index (χ2n) is 7.26. The third kappa shape index (κ3) is 3.46. The number of hydrogen-bond acceptors (Lipinski definition) is 5. The molecule has 0 aliphatic carbocycles. The number of hydrogen-bond donors (Lipinski definition) is 0. The zero-order valence-electron chi connectivity index (χ0n) is 17.3. The average molecular weight is 413 g/mol. The highest BCUT2D eigenvalue weighted by Crippen LogP contribution is 2.33. The molecular weight excluding hydrogens is 390 g/mol. The van der Waals surface area contributed by atoms with Crippen LogP contribution in [0, 0.1) is 27.7 Å². The van der Waals surface area contributed by atoms with E-state index in [1.165, 1.54) is 26.0 Å². The van der Waals surface area contributed by atoms with Gasteiger partial charge < -0.3 is 4.42 Å².